The largest absolute Gasteiger partial charge is 0.256 e. The van der Waals surface area contributed by atoms with Gasteiger partial charge >= 0.3 is 0 Å². The number of rotatable bonds is 2. The molecule has 0 saturated heterocycles. The lowest BCUT2D eigenvalue weighted by molar-refractivity contribution is 0.590. The Morgan fingerprint density at radius 3 is 1.69 bits per heavy atom. The monoisotopic (exact) mass is 399 g/mol. The fraction of sp³-hybridized carbons (Fsp3) is 0.296. The minimum absolute atomic E-state index is 0.159. The van der Waals surface area contributed by atoms with Crippen molar-refractivity contribution in [2.75, 3.05) is 0 Å². The van der Waals surface area contributed by atoms with Gasteiger partial charge in [-0.05, 0) is 39.7 Å². The van der Waals surface area contributed by atoms with Crippen LogP contribution >= 0.6 is 11.3 Å². The molecule has 0 unspecified atom stereocenters. The van der Waals surface area contributed by atoms with Crippen molar-refractivity contribution in [2.45, 2.75) is 52.4 Å². The number of hydrogen-bond donors (Lipinski definition) is 0. The maximum atomic E-state index is 4.73. The van der Waals surface area contributed by atoms with E-state index in [1.54, 1.807) is 0 Å². The van der Waals surface area contributed by atoms with E-state index in [1.807, 2.05) is 17.5 Å². The predicted molar refractivity (Wildman–Crippen MR) is 128 cm³/mol. The molecule has 0 bridgehead atoms. The van der Waals surface area contributed by atoms with Crippen molar-refractivity contribution in [1.29, 1.82) is 0 Å². The first-order valence-corrected chi connectivity index (χ1v) is 11.0. The Morgan fingerprint density at radius 2 is 1.17 bits per heavy atom. The summed E-state index contributed by atoms with van der Waals surface area (Å²) in [6, 6.07) is 22.3. The number of pyridine rings is 1. The molecule has 29 heavy (non-hydrogen) atoms. The molecule has 0 amide bonds. The Balaban J connectivity index is 1.74. The van der Waals surface area contributed by atoms with Gasteiger partial charge in [0.05, 0.1) is 5.69 Å². The molecule has 0 aliphatic carbocycles. The Hall–Kier alpha value is -2.45. The molecule has 0 fully saturated rings. The highest BCUT2D eigenvalue weighted by molar-refractivity contribution is 7.22. The van der Waals surface area contributed by atoms with Crippen LogP contribution in [0.3, 0.4) is 0 Å². The van der Waals surface area contributed by atoms with Gasteiger partial charge in [-0.2, -0.15) is 0 Å². The van der Waals surface area contributed by atoms with Crippen molar-refractivity contribution in [2.24, 2.45) is 0 Å². The van der Waals surface area contributed by atoms with Gasteiger partial charge < -0.3 is 0 Å². The van der Waals surface area contributed by atoms with E-state index >= 15 is 0 Å². The molecule has 2 aromatic heterocycles. The zero-order valence-corrected chi connectivity index (χ0v) is 19.0. The Bertz CT molecular complexity index is 1130. The number of aromatic nitrogens is 1. The second-order valence-corrected chi connectivity index (χ2v) is 10.9. The maximum Gasteiger partial charge on any atom is 0.0788 e. The first-order valence-electron chi connectivity index (χ1n) is 10.2. The normalized spacial score (nSPS) is 12.5. The fourth-order valence-electron chi connectivity index (χ4n) is 3.60. The quantitative estimate of drug-likeness (QED) is 0.331. The van der Waals surface area contributed by atoms with Crippen LogP contribution < -0.4 is 0 Å². The molecule has 148 valence electrons. The van der Waals surface area contributed by atoms with E-state index < -0.39 is 0 Å². The van der Waals surface area contributed by atoms with Crippen LogP contribution in [0, 0.1) is 0 Å². The fourth-order valence-corrected chi connectivity index (χ4v) is 4.66. The summed E-state index contributed by atoms with van der Waals surface area (Å²) in [5, 5.41) is 1.23. The molecular formula is C27H29NS. The molecule has 2 heterocycles. The Morgan fingerprint density at radius 1 is 0.655 bits per heavy atom. The van der Waals surface area contributed by atoms with Gasteiger partial charge in [-0.25, -0.2) is 0 Å². The average Bonchev–Trinajstić information content (AvgIpc) is 3.11. The highest BCUT2D eigenvalue weighted by Crippen LogP contribution is 2.38. The molecule has 0 radical (unpaired) electrons. The average molecular weight is 400 g/mol. The van der Waals surface area contributed by atoms with Crippen LogP contribution in [-0.4, -0.2) is 4.98 Å². The van der Waals surface area contributed by atoms with Crippen LogP contribution in [0.4, 0.5) is 0 Å². The first kappa shape index (κ1) is 19.8. The minimum Gasteiger partial charge on any atom is -0.256 e. The standard InChI is InChI=1S/C27H29NS/c1-26(2,3)20-11-7-18(8-12-20)24-17-22-23(29-24)15-16-28-25(22)19-9-13-21(14-10-19)27(4,5)6/h7-17H,1-6H3. The highest BCUT2D eigenvalue weighted by Gasteiger charge is 2.16. The molecule has 1 nitrogen and oxygen atoms in total. The summed E-state index contributed by atoms with van der Waals surface area (Å²) in [6.07, 6.45) is 1.93. The van der Waals surface area contributed by atoms with Gasteiger partial charge in [0.2, 0.25) is 0 Å². The van der Waals surface area contributed by atoms with E-state index in [0.717, 1.165) is 5.69 Å². The van der Waals surface area contributed by atoms with Crippen molar-refractivity contribution in [3.05, 3.63) is 78.0 Å². The summed E-state index contributed by atoms with van der Waals surface area (Å²) >= 11 is 1.84. The summed E-state index contributed by atoms with van der Waals surface area (Å²) in [6.45, 7) is 13.5. The van der Waals surface area contributed by atoms with Crippen LogP contribution in [-0.2, 0) is 10.8 Å². The van der Waals surface area contributed by atoms with Gasteiger partial charge in [0.15, 0.2) is 0 Å². The minimum atomic E-state index is 0.159. The Kier molecular flexibility index (Phi) is 4.86. The molecule has 0 saturated carbocycles. The third-order valence-electron chi connectivity index (χ3n) is 5.51. The van der Waals surface area contributed by atoms with Crippen LogP contribution in [0.25, 0.3) is 31.8 Å². The number of nitrogens with zero attached hydrogens (tertiary/aromatic N) is 1. The third kappa shape index (κ3) is 4.00. The van der Waals surface area contributed by atoms with Crippen molar-refractivity contribution in [1.82, 2.24) is 4.98 Å². The highest BCUT2D eigenvalue weighted by atomic mass is 32.1. The molecule has 4 aromatic rings. The SMILES string of the molecule is CC(C)(C)c1ccc(-c2cc3c(-c4ccc(C(C)(C)C)cc4)nccc3s2)cc1. The topological polar surface area (TPSA) is 12.9 Å². The molecule has 0 aliphatic heterocycles. The van der Waals surface area contributed by atoms with Crippen LogP contribution in [0.1, 0.15) is 52.7 Å². The summed E-state index contributed by atoms with van der Waals surface area (Å²) < 4.78 is 1.28. The summed E-state index contributed by atoms with van der Waals surface area (Å²) in [5.41, 5.74) is 6.56. The second-order valence-electron chi connectivity index (χ2n) is 9.84. The molecular weight excluding hydrogens is 370 g/mol. The van der Waals surface area contributed by atoms with Crippen molar-refractivity contribution in [3.63, 3.8) is 0 Å². The number of thiophene rings is 1. The molecule has 0 N–H and O–H groups in total. The summed E-state index contributed by atoms with van der Waals surface area (Å²) in [4.78, 5) is 6.02. The van der Waals surface area contributed by atoms with Gasteiger partial charge in [-0.3, -0.25) is 4.98 Å². The zero-order chi connectivity index (χ0) is 20.8. The molecule has 0 aliphatic rings. The predicted octanol–water partition coefficient (Wildman–Crippen LogP) is 8.23. The number of fused-ring (bicyclic) bond motifs is 1. The molecule has 2 aromatic carbocycles. The van der Waals surface area contributed by atoms with E-state index in [0.29, 0.717) is 0 Å². The number of benzene rings is 2. The lowest BCUT2D eigenvalue weighted by Gasteiger charge is -2.19. The van der Waals surface area contributed by atoms with Crippen molar-refractivity contribution < 1.29 is 0 Å². The van der Waals surface area contributed by atoms with Gasteiger partial charge in [0.1, 0.15) is 0 Å². The molecule has 2 heteroatoms. The third-order valence-corrected chi connectivity index (χ3v) is 6.65. The van der Waals surface area contributed by atoms with E-state index in [4.69, 9.17) is 4.98 Å². The van der Waals surface area contributed by atoms with Gasteiger partial charge in [0.25, 0.3) is 0 Å². The van der Waals surface area contributed by atoms with Crippen LogP contribution in [0.15, 0.2) is 66.9 Å². The van der Waals surface area contributed by atoms with Gasteiger partial charge in [-0.15, -0.1) is 11.3 Å². The first-order chi connectivity index (χ1) is 13.6. The van der Waals surface area contributed by atoms with E-state index in [2.05, 4.69) is 102 Å². The van der Waals surface area contributed by atoms with E-state index in [9.17, 15) is 0 Å². The molecule has 0 atom stereocenters. The van der Waals surface area contributed by atoms with Crippen LogP contribution in [0.2, 0.25) is 0 Å². The van der Waals surface area contributed by atoms with E-state index in [-0.39, 0.29) is 10.8 Å². The van der Waals surface area contributed by atoms with Crippen molar-refractivity contribution in [3.8, 4) is 21.7 Å². The zero-order valence-electron chi connectivity index (χ0n) is 18.2. The Labute approximate surface area is 178 Å². The lowest BCUT2D eigenvalue weighted by atomic mass is 9.86. The summed E-state index contributed by atoms with van der Waals surface area (Å²) in [7, 11) is 0. The molecule has 4 rings (SSSR count). The summed E-state index contributed by atoms with van der Waals surface area (Å²) in [5.74, 6) is 0. The van der Waals surface area contributed by atoms with Crippen LogP contribution in [0.5, 0.6) is 0 Å². The maximum absolute atomic E-state index is 4.73. The smallest absolute Gasteiger partial charge is 0.0788 e. The van der Waals surface area contributed by atoms with Crippen molar-refractivity contribution >= 4 is 21.4 Å². The van der Waals surface area contributed by atoms with Gasteiger partial charge in [-0.1, -0.05) is 90.1 Å². The van der Waals surface area contributed by atoms with E-state index in [1.165, 1.54) is 37.2 Å². The molecule has 0 spiro atoms. The van der Waals surface area contributed by atoms with Gasteiger partial charge in [0, 0.05) is 26.7 Å². The second kappa shape index (κ2) is 7.11. The lowest BCUT2D eigenvalue weighted by Crippen LogP contribution is -2.10. The number of hydrogen-bond acceptors (Lipinski definition) is 2.